The van der Waals surface area contributed by atoms with Gasteiger partial charge in [-0.3, -0.25) is 0 Å². The molecule has 1 heterocycles. The van der Waals surface area contributed by atoms with Gasteiger partial charge in [0.25, 0.3) is 0 Å². The van der Waals surface area contributed by atoms with E-state index in [1.165, 1.54) is 12.3 Å². The summed E-state index contributed by atoms with van der Waals surface area (Å²) in [6, 6.07) is 9.01. The van der Waals surface area contributed by atoms with Crippen LogP contribution in [0, 0.1) is 0 Å². The summed E-state index contributed by atoms with van der Waals surface area (Å²) < 4.78 is 30.8. The minimum Gasteiger partial charge on any atom is -0.387 e. The molecule has 0 spiro atoms. The molecule has 0 aliphatic heterocycles. The molecule has 126 valence electrons. The first-order valence-corrected chi connectivity index (χ1v) is 8.98. The second-order valence-corrected chi connectivity index (χ2v) is 8.29. The summed E-state index contributed by atoms with van der Waals surface area (Å²) in [5, 5.41) is 13.7. The standard InChI is InChI=1S/C16H22N2O4S/c1-16(2,3)13-6-4-12(5-7-13)15(19)10-17-23(20,21)11-14-8-9-22-18-14/h4-9,15,17,19H,10-11H2,1-3H3. The minimum absolute atomic E-state index is 0.0304. The molecule has 6 nitrogen and oxygen atoms in total. The molecular weight excluding hydrogens is 316 g/mol. The zero-order valence-corrected chi connectivity index (χ0v) is 14.3. The molecule has 1 aromatic heterocycles. The Labute approximate surface area is 136 Å². The lowest BCUT2D eigenvalue weighted by Crippen LogP contribution is -2.29. The molecule has 1 atom stereocenters. The Balaban J connectivity index is 1.95. The van der Waals surface area contributed by atoms with E-state index in [1.807, 2.05) is 24.3 Å². The second kappa shape index (κ2) is 6.82. The third kappa shape index (κ3) is 5.16. The Kier molecular flexibility index (Phi) is 5.23. The average molecular weight is 338 g/mol. The molecule has 2 rings (SSSR count). The number of aromatic nitrogens is 1. The number of rotatable bonds is 6. The van der Waals surface area contributed by atoms with Gasteiger partial charge >= 0.3 is 0 Å². The molecule has 7 heteroatoms. The van der Waals surface area contributed by atoms with Crippen LogP contribution in [0.5, 0.6) is 0 Å². The highest BCUT2D eigenvalue weighted by Gasteiger charge is 2.18. The van der Waals surface area contributed by atoms with Gasteiger partial charge in [-0.1, -0.05) is 50.2 Å². The molecule has 2 N–H and O–H groups in total. The Hall–Kier alpha value is -1.70. The summed E-state index contributed by atoms with van der Waals surface area (Å²) in [6.45, 7) is 6.23. The molecule has 0 bridgehead atoms. The second-order valence-electron chi connectivity index (χ2n) is 6.49. The maximum Gasteiger partial charge on any atom is 0.217 e. The van der Waals surface area contributed by atoms with Crippen molar-refractivity contribution in [2.24, 2.45) is 0 Å². The highest BCUT2D eigenvalue weighted by atomic mass is 32.2. The fraction of sp³-hybridized carbons (Fsp3) is 0.438. The summed E-state index contributed by atoms with van der Waals surface area (Å²) in [7, 11) is -3.57. The van der Waals surface area contributed by atoms with Gasteiger partial charge in [-0.25, -0.2) is 13.1 Å². The van der Waals surface area contributed by atoms with E-state index in [0.717, 1.165) is 5.56 Å². The largest absolute Gasteiger partial charge is 0.387 e. The van der Waals surface area contributed by atoms with Gasteiger partial charge in [0.05, 0.1) is 11.8 Å². The predicted octanol–water partition coefficient (Wildman–Crippen LogP) is 2.13. The van der Waals surface area contributed by atoms with Crippen LogP contribution in [-0.4, -0.2) is 25.2 Å². The first kappa shape index (κ1) is 17.7. The van der Waals surface area contributed by atoms with Gasteiger partial charge in [-0.15, -0.1) is 0 Å². The van der Waals surface area contributed by atoms with Crippen molar-refractivity contribution in [2.45, 2.75) is 38.0 Å². The minimum atomic E-state index is -3.57. The summed E-state index contributed by atoms with van der Waals surface area (Å²) in [4.78, 5) is 0. The van der Waals surface area contributed by atoms with Gasteiger partial charge in [-0.05, 0) is 16.5 Å². The van der Waals surface area contributed by atoms with Crippen molar-refractivity contribution in [3.63, 3.8) is 0 Å². The van der Waals surface area contributed by atoms with Crippen molar-refractivity contribution < 1.29 is 18.0 Å². The Bertz CT molecular complexity index is 716. The molecular formula is C16H22N2O4S. The normalized spacial score (nSPS) is 13.9. The van der Waals surface area contributed by atoms with Gasteiger partial charge in [0.2, 0.25) is 10.0 Å². The molecule has 0 aliphatic carbocycles. The molecule has 2 aromatic rings. The predicted molar refractivity (Wildman–Crippen MR) is 87.2 cm³/mol. The smallest absolute Gasteiger partial charge is 0.217 e. The van der Waals surface area contributed by atoms with Gasteiger partial charge in [0, 0.05) is 12.6 Å². The number of sulfonamides is 1. The number of hydrogen-bond donors (Lipinski definition) is 2. The van der Waals surface area contributed by atoms with Crippen LogP contribution in [0.3, 0.4) is 0 Å². The first-order valence-electron chi connectivity index (χ1n) is 7.32. The monoisotopic (exact) mass is 338 g/mol. The topological polar surface area (TPSA) is 92.4 Å². The highest BCUT2D eigenvalue weighted by molar-refractivity contribution is 7.88. The third-order valence-corrected chi connectivity index (χ3v) is 4.77. The van der Waals surface area contributed by atoms with Crippen molar-refractivity contribution in [3.8, 4) is 0 Å². The molecule has 0 amide bonds. The van der Waals surface area contributed by atoms with E-state index in [-0.39, 0.29) is 17.7 Å². The molecule has 0 fully saturated rings. The zero-order chi connectivity index (χ0) is 17.1. The lowest BCUT2D eigenvalue weighted by molar-refractivity contribution is 0.182. The quantitative estimate of drug-likeness (QED) is 0.842. The number of nitrogens with one attached hydrogen (secondary N) is 1. The molecule has 1 aromatic carbocycles. The van der Waals surface area contributed by atoms with Gasteiger partial charge in [0.15, 0.2) is 0 Å². The Morgan fingerprint density at radius 2 is 1.87 bits per heavy atom. The Morgan fingerprint density at radius 3 is 2.39 bits per heavy atom. The van der Waals surface area contributed by atoms with Crippen molar-refractivity contribution >= 4 is 10.0 Å². The van der Waals surface area contributed by atoms with Crippen LogP contribution >= 0.6 is 0 Å². The number of nitrogens with zero attached hydrogens (tertiary/aromatic N) is 1. The van der Waals surface area contributed by atoms with E-state index in [1.54, 1.807) is 0 Å². The fourth-order valence-electron chi connectivity index (χ4n) is 2.09. The van der Waals surface area contributed by atoms with Crippen LogP contribution in [-0.2, 0) is 21.2 Å². The van der Waals surface area contributed by atoms with E-state index in [9.17, 15) is 13.5 Å². The number of benzene rings is 1. The van der Waals surface area contributed by atoms with Crippen LogP contribution in [0.4, 0.5) is 0 Å². The van der Waals surface area contributed by atoms with Gasteiger partial charge < -0.3 is 9.63 Å². The number of aliphatic hydroxyl groups excluding tert-OH is 1. The van der Waals surface area contributed by atoms with Crippen molar-refractivity contribution in [3.05, 3.63) is 53.4 Å². The maximum absolute atomic E-state index is 11.9. The zero-order valence-electron chi connectivity index (χ0n) is 13.5. The van der Waals surface area contributed by atoms with E-state index >= 15 is 0 Å². The summed E-state index contributed by atoms with van der Waals surface area (Å²) in [5.41, 5.74) is 2.17. The average Bonchev–Trinajstić information content (AvgIpc) is 2.96. The SMILES string of the molecule is CC(C)(C)c1ccc(C(O)CNS(=O)(=O)Cc2ccon2)cc1. The van der Waals surface area contributed by atoms with E-state index < -0.39 is 16.1 Å². The van der Waals surface area contributed by atoms with Crippen molar-refractivity contribution in [1.29, 1.82) is 0 Å². The first-order chi connectivity index (χ1) is 10.7. The summed E-state index contributed by atoms with van der Waals surface area (Å²) in [5.74, 6) is -0.279. The van der Waals surface area contributed by atoms with Gasteiger partial charge in [-0.2, -0.15) is 0 Å². The lowest BCUT2D eigenvalue weighted by Gasteiger charge is -2.20. The van der Waals surface area contributed by atoms with E-state index in [2.05, 4.69) is 35.2 Å². The molecule has 0 saturated heterocycles. The third-order valence-electron chi connectivity index (χ3n) is 3.49. The van der Waals surface area contributed by atoms with Crippen LogP contribution < -0.4 is 4.72 Å². The van der Waals surface area contributed by atoms with Crippen LogP contribution in [0.25, 0.3) is 0 Å². The summed E-state index contributed by atoms with van der Waals surface area (Å²) in [6.07, 6.45) is 0.410. The van der Waals surface area contributed by atoms with Crippen LogP contribution in [0.1, 0.15) is 43.7 Å². The van der Waals surface area contributed by atoms with Crippen molar-refractivity contribution in [1.82, 2.24) is 9.88 Å². The fourth-order valence-corrected chi connectivity index (χ4v) is 3.14. The molecule has 0 saturated carbocycles. The lowest BCUT2D eigenvalue weighted by atomic mass is 9.86. The maximum atomic E-state index is 11.9. The van der Waals surface area contributed by atoms with Crippen LogP contribution in [0.15, 0.2) is 41.1 Å². The van der Waals surface area contributed by atoms with Crippen LogP contribution in [0.2, 0.25) is 0 Å². The van der Waals surface area contributed by atoms with E-state index in [4.69, 9.17) is 0 Å². The highest BCUT2D eigenvalue weighted by Crippen LogP contribution is 2.23. The molecule has 0 aliphatic rings. The van der Waals surface area contributed by atoms with Crippen molar-refractivity contribution in [2.75, 3.05) is 6.54 Å². The number of hydrogen-bond acceptors (Lipinski definition) is 5. The Morgan fingerprint density at radius 1 is 1.22 bits per heavy atom. The van der Waals surface area contributed by atoms with E-state index in [0.29, 0.717) is 11.3 Å². The summed E-state index contributed by atoms with van der Waals surface area (Å²) >= 11 is 0. The molecule has 23 heavy (non-hydrogen) atoms. The molecule has 1 unspecified atom stereocenters. The van der Waals surface area contributed by atoms with Gasteiger partial charge in [0.1, 0.15) is 12.0 Å². The number of aliphatic hydroxyl groups is 1. The molecule has 0 radical (unpaired) electrons.